The molecule has 0 radical (unpaired) electrons. The van der Waals surface area contributed by atoms with Crippen molar-refractivity contribution >= 4 is 11.6 Å². The standard InChI is InChI=1S/C16H15N5O2/c1-11-3-4-12(8-17-11)16(22)20-14-7-13(5-6-15(14)23-2)21-9-18-19-10-21/h3-10H,1-2H3,(H,20,22). The number of benzene rings is 1. The number of nitrogens with one attached hydrogen (secondary N) is 1. The number of aryl methyl sites for hydroxylation is 1. The Kier molecular flexibility index (Phi) is 4.01. The fourth-order valence-corrected chi connectivity index (χ4v) is 2.08. The molecule has 1 amide bonds. The van der Waals surface area contributed by atoms with Crippen molar-refractivity contribution in [2.45, 2.75) is 6.92 Å². The Balaban J connectivity index is 1.90. The quantitative estimate of drug-likeness (QED) is 0.799. The molecule has 2 heterocycles. The molecule has 0 aliphatic heterocycles. The minimum Gasteiger partial charge on any atom is -0.495 e. The fraction of sp³-hybridized carbons (Fsp3) is 0.125. The van der Waals surface area contributed by atoms with Gasteiger partial charge in [0.25, 0.3) is 5.91 Å². The molecule has 23 heavy (non-hydrogen) atoms. The number of carbonyl (C=O) groups is 1. The number of ether oxygens (including phenoxy) is 1. The Labute approximate surface area is 133 Å². The van der Waals surface area contributed by atoms with E-state index in [1.807, 2.05) is 13.0 Å². The van der Waals surface area contributed by atoms with Crippen molar-refractivity contribution in [1.29, 1.82) is 0 Å². The van der Waals surface area contributed by atoms with Crippen LogP contribution >= 0.6 is 0 Å². The summed E-state index contributed by atoms with van der Waals surface area (Å²) in [5.74, 6) is 0.312. The van der Waals surface area contributed by atoms with Crippen molar-refractivity contribution in [3.63, 3.8) is 0 Å². The molecule has 0 unspecified atom stereocenters. The first-order valence-electron chi connectivity index (χ1n) is 6.94. The molecule has 2 aromatic heterocycles. The third-order valence-electron chi connectivity index (χ3n) is 3.32. The van der Waals surface area contributed by atoms with E-state index in [-0.39, 0.29) is 5.91 Å². The molecule has 1 aromatic carbocycles. The smallest absolute Gasteiger partial charge is 0.257 e. The van der Waals surface area contributed by atoms with Crippen LogP contribution < -0.4 is 10.1 Å². The molecule has 0 aliphatic rings. The lowest BCUT2D eigenvalue weighted by molar-refractivity contribution is 0.102. The van der Waals surface area contributed by atoms with E-state index < -0.39 is 0 Å². The van der Waals surface area contributed by atoms with Crippen LogP contribution in [0.5, 0.6) is 5.75 Å². The summed E-state index contributed by atoms with van der Waals surface area (Å²) in [4.78, 5) is 16.5. The van der Waals surface area contributed by atoms with Gasteiger partial charge in [-0.25, -0.2) is 0 Å². The highest BCUT2D eigenvalue weighted by Crippen LogP contribution is 2.27. The predicted molar refractivity (Wildman–Crippen MR) is 84.8 cm³/mol. The third kappa shape index (κ3) is 3.18. The van der Waals surface area contributed by atoms with E-state index in [9.17, 15) is 4.79 Å². The van der Waals surface area contributed by atoms with Gasteiger partial charge in [0.05, 0.1) is 24.0 Å². The molecule has 0 fully saturated rings. The summed E-state index contributed by atoms with van der Waals surface area (Å²) in [5.41, 5.74) is 2.71. The number of pyridine rings is 1. The van der Waals surface area contributed by atoms with Gasteiger partial charge in [-0.15, -0.1) is 10.2 Å². The van der Waals surface area contributed by atoms with E-state index in [1.54, 1.807) is 54.8 Å². The van der Waals surface area contributed by atoms with Gasteiger partial charge >= 0.3 is 0 Å². The van der Waals surface area contributed by atoms with Crippen LogP contribution in [0.4, 0.5) is 5.69 Å². The van der Waals surface area contributed by atoms with Crippen molar-refractivity contribution in [1.82, 2.24) is 19.7 Å². The summed E-state index contributed by atoms with van der Waals surface area (Å²) in [6.45, 7) is 1.87. The number of anilines is 1. The molecule has 3 aromatic rings. The molecule has 7 heteroatoms. The van der Waals surface area contributed by atoms with Gasteiger partial charge in [-0.1, -0.05) is 0 Å². The number of rotatable bonds is 4. The molecule has 1 N–H and O–H groups in total. The summed E-state index contributed by atoms with van der Waals surface area (Å²) < 4.78 is 7.04. The zero-order valence-electron chi connectivity index (χ0n) is 12.7. The topological polar surface area (TPSA) is 81.9 Å². The number of nitrogens with zero attached hydrogens (tertiary/aromatic N) is 4. The molecule has 0 atom stereocenters. The Morgan fingerprint density at radius 1 is 1.17 bits per heavy atom. The SMILES string of the molecule is COc1ccc(-n2cnnc2)cc1NC(=O)c1ccc(C)nc1. The van der Waals surface area contributed by atoms with Crippen LogP contribution in [0.15, 0.2) is 49.2 Å². The van der Waals surface area contributed by atoms with Gasteiger partial charge in [-0.2, -0.15) is 0 Å². The van der Waals surface area contributed by atoms with E-state index in [0.717, 1.165) is 11.4 Å². The first-order chi connectivity index (χ1) is 11.2. The Hall–Kier alpha value is -3.22. The Morgan fingerprint density at radius 2 is 1.96 bits per heavy atom. The molecule has 0 saturated heterocycles. The number of aromatic nitrogens is 4. The largest absolute Gasteiger partial charge is 0.495 e. The van der Waals surface area contributed by atoms with Crippen molar-refractivity contribution in [3.05, 3.63) is 60.4 Å². The Bertz CT molecular complexity index is 813. The molecule has 0 saturated carbocycles. The third-order valence-corrected chi connectivity index (χ3v) is 3.32. The second kappa shape index (κ2) is 6.27. The maximum absolute atomic E-state index is 12.4. The molecule has 0 spiro atoms. The van der Waals surface area contributed by atoms with Crippen molar-refractivity contribution in [2.75, 3.05) is 12.4 Å². The van der Waals surface area contributed by atoms with Gasteiger partial charge in [-0.05, 0) is 37.3 Å². The second-order valence-corrected chi connectivity index (χ2v) is 4.90. The van der Waals surface area contributed by atoms with Crippen LogP contribution in [-0.2, 0) is 0 Å². The van der Waals surface area contributed by atoms with E-state index >= 15 is 0 Å². The number of carbonyl (C=O) groups excluding carboxylic acids is 1. The Morgan fingerprint density at radius 3 is 2.61 bits per heavy atom. The van der Waals surface area contributed by atoms with Crippen LogP contribution in [0, 0.1) is 6.92 Å². The van der Waals surface area contributed by atoms with Crippen molar-refractivity contribution in [3.8, 4) is 11.4 Å². The van der Waals surface area contributed by atoms with Crippen LogP contribution in [0.3, 0.4) is 0 Å². The van der Waals surface area contributed by atoms with Crippen LogP contribution in [0.2, 0.25) is 0 Å². The van der Waals surface area contributed by atoms with E-state index in [4.69, 9.17) is 4.74 Å². The lowest BCUT2D eigenvalue weighted by Gasteiger charge is -2.12. The van der Waals surface area contributed by atoms with Crippen LogP contribution in [-0.4, -0.2) is 32.8 Å². The minimum absolute atomic E-state index is 0.253. The van der Waals surface area contributed by atoms with Gasteiger partial charge in [0.1, 0.15) is 18.4 Å². The van der Waals surface area contributed by atoms with Crippen LogP contribution in [0.25, 0.3) is 5.69 Å². The second-order valence-electron chi connectivity index (χ2n) is 4.90. The monoisotopic (exact) mass is 309 g/mol. The summed E-state index contributed by atoms with van der Waals surface area (Å²) in [5, 5.41) is 10.4. The van der Waals surface area contributed by atoms with E-state index in [1.165, 1.54) is 0 Å². The van der Waals surface area contributed by atoms with Gasteiger partial charge < -0.3 is 10.1 Å². The van der Waals surface area contributed by atoms with E-state index in [0.29, 0.717) is 17.0 Å². The molecule has 116 valence electrons. The fourth-order valence-electron chi connectivity index (χ4n) is 2.08. The summed E-state index contributed by atoms with van der Waals surface area (Å²) in [6, 6.07) is 8.94. The zero-order valence-corrected chi connectivity index (χ0v) is 12.7. The highest BCUT2D eigenvalue weighted by molar-refractivity contribution is 6.05. The lowest BCUT2D eigenvalue weighted by Crippen LogP contribution is -2.13. The summed E-state index contributed by atoms with van der Waals surface area (Å²) in [6.07, 6.45) is 4.70. The average molecular weight is 309 g/mol. The minimum atomic E-state index is -0.253. The first kappa shape index (κ1) is 14.7. The zero-order chi connectivity index (χ0) is 16.2. The lowest BCUT2D eigenvalue weighted by atomic mass is 10.2. The van der Waals surface area contributed by atoms with Gasteiger partial charge in [0.2, 0.25) is 0 Å². The normalized spacial score (nSPS) is 10.3. The number of hydrogen-bond acceptors (Lipinski definition) is 5. The summed E-state index contributed by atoms with van der Waals surface area (Å²) >= 11 is 0. The van der Waals surface area contributed by atoms with Crippen LogP contribution in [0.1, 0.15) is 16.1 Å². The first-order valence-corrected chi connectivity index (χ1v) is 6.94. The molecule has 0 aliphatic carbocycles. The average Bonchev–Trinajstić information content (AvgIpc) is 3.10. The molecule has 3 rings (SSSR count). The highest BCUT2D eigenvalue weighted by Gasteiger charge is 2.11. The number of methoxy groups -OCH3 is 1. The molecular formula is C16H15N5O2. The van der Waals surface area contributed by atoms with Crippen molar-refractivity contribution < 1.29 is 9.53 Å². The predicted octanol–water partition coefficient (Wildman–Crippen LogP) is 2.23. The summed E-state index contributed by atoms with van der Waals surface area (Å²) in [7, 11) is 1.55. The molecule has 7 nitrogen and oxygen atoms in total. The maximum Gasteiger partial charge on any atom is 0.257 e. The number of amides is 1. The van der Waals surface area contributed by atoms with Gasteiger partial charge in [-0.3, -0.25) is 14.3 Å². The molecular weight excluding hydrogens is 294 g/mol. The van der Waals surface area contributed by atoms with Crippen molar-refractivity contribution in [2.24, 2.45) is 0 Å². The maximum atomic E-state index is 12.4. The number of hydrogen-bond donors (Lipinski definition) is 1. The van der Waals surface area contributed by atoms with Gasteiger partial charge in [0, 0.05) is 11.9 Å². The van der Waals surface area contributed by atoms with E-state index in [2.05, 4.69) is 20.5 Å². The highest BCUT2D eigenvalue weighted by atomic mass is 16.5. The molecule has 0 bridgehead atoms. The van der Waals surface area contributed by atoms with Gasteiger partial charge in [0.15, 0.2) is 0 Å².